The number of nitrogens with zero attached hydrogens (tertiary/aromatic N) is 2. The molecule has 0 aromatic carbocycles. The van der Waals surface area contributed by atoms with Gasteiger partial charge in [0.05, 0.1) is 7.11 Å². The second-order valence-corrected chi connectivity index (χ2v) is 3.36. The molecule has 0 saturated carbocycles. The number of carbonyl (C=O) groups is 2. The summed E-state index contributed by atoms with van der Waals surface area (Å²) in [6.07, 6.45) is 0.274. The van der Waals surface area contributed by atoms with Gasteiger partial charge >= 0.3 is 0 Å². The number of hydrogen-bond acceptors (Lipinski definition) is 3. The van der Waals surface area contributed by atoms with Crippen molar-refractivity contribution in [3.63, 3.8) is 0 Å². The van der Waals surface area contributed by atoms with E-state index in [4.69, 9.17) is 0 Å². The van der Waals surface area contributed by atoms with E-state index in [-0.39, 0.29) is 24.8 Å². The summed E-state index contributed by atoms with van der Waals surface area (Å²) < 4.78 is 4.52. The maximum atomic E-state index is 11.4. The highest BCUT2D eigenvalue weighted by Crippen LogP contribution is 2.03. The van der Waals surface area contributed by atoms with Crippen LogP contribution in [0.15, 0.2) is 0 Å². The zero-order valence-electron chi connectivity index (χ0n) is 8.78. The Morgan fingerprint density at radius 3 is 1.93 bits per heavy atom. The smallest absolute Gasteiger partial charge is 0.248 e. The Morgan fingerprint density at radius 1 is 1.07 bits per heavy atom. The molecule has 0 atom stereocenters. The first kappa shape index (κ1) is 12.0. The lowest BCUT2D eigenvalue weighted by Crippen LogP contribution is -2.51. The largest absolute Gasteiger partial charge is 0.369 e. The third-order valence-corrected chi connectivity index (χ3v) is 2.42. The zero-order chi connectivity index (χ0) is 11.3. The summed E-state index contributed by atoms with van der Waals surface area (Å²) in [6.45, 7) is 5.84. The summed E-state index contributed by atoms with van der Waals surface area (Å²) in [5.74, 6) is -0.0396. The van der Waals surface area contributed by atoms with Crippen LogP contribution < -0.4 is 0 Å². The average molecular weight is 212 g/mol. The third-order valence-electron chi connectivity index (χ3n) is 2.42. The zero-order valence-corrected chi connectivity index (χ0v) is 8.78. The van der Waals surface area contributed by atoms with Crippen molar-refractivity contribution < 1.29 is 14.3 Å². The van der Waals surface area contributed by atoms with Gasteiger partial charge in [-0.1, -0.05) is 0 Å². The molecule has 0 aromatic rings. The molecule has 0 N–H and O–H groups in total. The molecule has 1 rings (SSSR count). The number of amides is 2. The molecule has 0 spiro atoms. The Labute approximate surface area is 90.0 Å². The predicted octanol–water partition coefficient (Wildman–Crippen LogP) is -0.310. The first-order chi connectivity index (χ1) is 7.19. The molecule has 15 heavy (non-hydrogen) atoms. The van der Waals surface area contributed by atoms with E-state index < -0.39 is 0 Å². The summed E-state index contributed by atoms with van der Waals surface area (Å²) >= 11 is 0. The molecule has 84 valence electrons. The highest BCUT2D eigenvalue weighted by Gasteiger charge is 2.22. The van der Waals surface area contributed by atoms with Gasteiger partial charge in [0.1, 0.15) is 6.61 Å². The van der Waals surface area contributed by atoms with Gasteiger partial charge in [-0.25, -0.2) is 0 Å². The van der Waals surface area contributed by atoms with E-state index in [9.17, 15) is 9.59 Å². The number of ether oxygens (including phenoxy) is 1. The molecule has 0 aliphatic carbocycles. The minimum Gasteiger partial charge on any atom is -0.369 e. The molecule has 1 saturated heterocycles. The molecule has 2 amide bonds. The van der Waals surface area contributed by atoms with Crippen LogP contribution in [0.4, 0.5) is 0 Å². The minimum absolute atomic E-state index is 0.00325. The minimum atomic E-state index is -0.0771. The van der Waals surface area contributed by atoms with Gasteiger partial charge in [0.25, 0.3) is 0 Å². The fourth-order valence-electron chi connectivity index (χ4n) is 1.54. The molecular formula is C10H16N2O3. The molecule has 1 aliphatic heterocycles. The van der Waals surface area contributed by atoms with Crippen LogP contribution in [0, 0.1) is 14.0 Å². The fourth-order valence-corrected chi connectivity index (χ4v) is 1.54. The summed E-state index contributed by atoms with van der Waals surface area (Å²) in [5.41, 5.74) is 0. The van der Waals surface area contributed by atoms with Crippen molar-refractivity contribution in [3.8, 4) is 0 Å². The Balaban J connectivity index is 2.35. The van der Waals surface area contributed by atoms with Crippen LogP contribution in [0.25, 0.3) is 0 Å². The Kier molecular flexibility index (Phi) is 4.55. The second kappa shape index (κ2) is 5.70. The van der Waals surface area contributed by atoms with E-state index in [1.165, 1.54) is 0 Å². The van der Waals surface area contributed by atoms with Crippen molar-refractivity contribution in [1.82, 2.24) is 9.80 Å². The summed E-state index contributed by atoms with van der Waals surface area (Å²) in [7, 11) is 3.16. The van der Waals surface area contributed by atoms with Gasteiger partial charge in [-0.3, -0.25) is 9.59 Å². The van der Waals surface area contributed by atoms with Gasteiger partial charge in [-0.2, -0.15) is 0 Å². The lowest BCUT2D eigenvalue weighted by Gasteiger charge is -2.34. The molecule has 5 heteroatoms. The second-order valence-electron chi connectivity index (χ2n) is 3.36. The molecule has 1 aliphatic rings. The predicted molar refractivity (Wildman–Crippen MR) is 54.4 cm³/mol. The Bertz CT molecular complexity index is 235. The van der Waals surface area contributed by atoms with Gasteiger partial charge in [0.15, 0.2) is 0 Å². The molecule has 5 nitrogen and oxygen atoms in total. The van der Waals surface area contributed by atoms with Gasteiger partial charge in [-0.05, 0) is 6.92 Å². The topological polar surface area (TPSA) is 49.9 Å². The highest BCUT2D eigenvalue weighted by atomic mass is 16.5. The summed E-state index contributed by atoms with van der Waals surface area (Å²) in [6, 6.07) is 0. The average Bonchev–Trinajstić information content (AvgIpc) is 2.28. The van der Waals surface area contributed by atoms with E-state index in [0.717, 1.165) is 0 Å². The van der Waals surface area contributed by atoms with E-state index in [2.05, 4.69) is 18.8 Å². The van der Waals surface area contributed by atoms with Gasteiger partial charge in [0.2, 0.25) is 11.8 Å². The Hall–Kier alpha value is -1.10. The SMILES string of the molecule is [CH2]CC(=O)N1CCN(C(=O)CO[CH2])CC1. The quantitative estimate of drug-likeness (QED) is 0.644. The summed E-state index contributed by atoms with van der Waals surface area (Å²) in [5, 5.41) is 0. The number of piperazine rings is 1. The third kappa shape index (κ3) is 3.20. The normalized spacial score (nSPS) is 16.7. The van der Waals surface area contributed by atoms with Crippen LogP contribution in [0.5, 0.6) is 0 Å². The molecule has 0 bridgehead atoms. The van der Waals surface area contributed by atoms with Crippen molar-refractivity contribution in [2.45, 2.75) is 6.42 Å². The first-order valence-electron chi connectivity index (χ1n) is 4.90. The standard InChI is InChI=1S/C10H16N2O3/c1-3-9(13)11-4-6-12(7-5-11)10(14)8-15-2/h1-8H2. The lowest BCUT2D eigenvalue weighted by molar-refractivity contribution is -0.141. The first-order valence-corrected chi connectivity index (χ1v) is 4.90. The van der Waals surface area contributed by atoms with Crippen molar-refractivity contribution in [1.29, 1.82) is 0 Å². The van der Waals surface area contributed by atoms with Crippen LogP contribution in [0.1, 0.15) is 6.42 Å². The van der Waals surface area contributed by atoms with Crippen molar-refractivity contribution in [3.05, 3.63) is 14.0 Å². The lowest BCUT2D eigenvalue weighted by atomic mass is 10.3. The molecular weight excluding hydrogens is 196 g/mol. The van der Waals surface area contributed by atoms with Crippen LogP contribution in [-0.4, -0.2) is 54.4 Å². The molecule has 0 unspecified atom stereocenters. The van der Waals surface area contributed by atoms with E-state index in [1.807, 2.05) is 0 Å². The van der Waals surface area contributed by atoms with Crippen LogP contribution in [-0.2, 0) is 14.3 Å². The number of carbonyl (C=O) groups excluding carboxylic acids is 2. The van der Waals surface area contributed by atoms with E-state index in [0.29, 0.717) is 26.2 Å². The van der Waals surface area contributed by atoms with Gasteiger partial charge < -0.3 is 14.5 Å². The molecule has 1 fully saturated rings. The van der Waals surface area contributed by atoms with Crippen molar-refractivity contribution in [2.75, 3.05) is 32.8 Å². The van der Waals surface area contributed by atoms with Gasteiger partial charge in [0, 0.05) is 32.6 Å². The monoisotopic (exact) mass is 212 g/mol. The highest BCUT2D eigenvalue weighted by molar-refractivity contribution is 5.79. The molecule has 1 heterocycles. The molecule has 0 aromatic heterocycles. The van der Waals surface area contributed by atoms with Crippen LogP contribution in [0.2, 0.25) is 0 Å². The Morgan fingerprint density at radius 2 is 1.53 bits per heavy atom. The van der Waals surface area contributed by atoms with Crippen LogP contribution in [0.3, 0.4) is 0 Å². The molecule has 2 radical (unpaired) electrons. The van der Waals surface area contributed by atoms with Crippen molar-refractivity contribution >= 4 is 11.8 Å². The van der Waals surface area contributed by atoms with Crippen LogP contribution >= 0.6 is 0 Å². The number of hydrogen-bond donors (Lipinski definition) is 0. The maximum absolute atomic E-state index is 11.4. The summed E-state index contributed by atoms with van der Waals surface area (Å²) in [4.78, 5) is 26.1. The van der Waals surface area contributed by atoms with E-state index in [1.54, 1.807) is 9.80 Å². The van der Waals surface area contributed by atoms with Crippen molar-refractivity contribution in [2.24, 2.45) is 0 Å². The van der Waals surface area contributed by atoms with Gasteiger partial charge in [-0.15, -0.1) is 0 Å². The van der Waals surface area contributed by atoms with E-state index >= 15 is 0 Å². The maximum Gasteiger partial charge on any atom is 0.248 e. The fraction of sp³-hybridized carbons (Fsp3) is 0.600. The number of rotatable bonds is 3.